The molecule has 18 heavy (non-hydrogen) atoms. The molecule has 0 saturated heterocycles. The van der Waals surface area contributed by atoms with E-state index in [1.54, 1.807) is 6.26 Å². The van der Waals surface area contributed by atoms with Crippen molar-refractivity contribution in [2.45, 2.75) is 19.0 Å². The number of rotatable bonds is 3. The van der Waals surface area contributed by atoms with Crippen LogP contribution in [0.4, 0.5) is 5.69 Å². The second-order valence-electron chi connectivity index (χ2n) is 4.41. The molecule has 92 valence electrons. The Morgan fingerprint density at radius 1 is 1.28 bits per heavy atom. The molecule has 0 bridgehead atoms. The molecule has 2 heterocycles. The lowest BCUT2D eigenvalue weighted by Crippen LogP contribution is -2.29. The van der Waals surface area contributed by atoms with Crippen molar-refractivity contribution in [1.29, 1.82) is 0 Å². The van der Waals surface area contributed by atoms with Gasteiger partial charge in [0.2, 0.25) is 5.91 Å². The van der Waals surface area contributed by atoms with Crippen LogP contribution in [0.3, 0.4) is 0 Å². The number of amides is 1. The van der Waals surface area contributed by atoms with Crippen LogP contribution in [0.5, 0.6) is 0 Å². The van der Waals surface area contributed by atoms with Crippen LogP contribution in [0.2, 0.25) is 0 Å². The van der Waals surface area contributed by atoms with Gasteiger partial charge in [0.05, 0.1) is 12.3 Å². The molecule has 2 N–H and O–H groups in total. The number of hydrogen-bond acceptors (Lipinski definition) is 3. The maximum absolute atomic E-state index is 11.9. The lowest BCUT2D eigenvalue weighted by Gasteiger charge is -2.16. The van der Waals surface area contributed by atoms with Crippen LogP contribution in [-0.4, -0.2) is 5.91 Å². The van der Waals surface area contributed by atoms with E-state index in [9.17, 15) is 4.79 Å². The summed E-state index contributed by atoms with van der Waals surface area (Å²) in [6, 6.07) is 11.1. The molecule has 1 aromatic heterocycles. The molecule has 0 saturated carbocycles. The number of carbonyl (C=O) groups excluding carboxylic acids is 1. The Labute approximate surface area is 105 Å². The fraction of sp³-hybridized carbons (Fsp3) is 0.214. The molecule has 3 rings (SSSR count). The van der Waals surface area contributed by atoms with E-state index in [4.69, 9.17) is 4.42 Å². The maximum atomic E-state index is 11.9. The summed E-state index contributed by atoms with van der Waals surface area (Å²) in [6.07, 6.45) is 1.64. The summed E-state index contributed by atoms with van der Waals surface area (Å²) in [4.78, 5) is 11.9. The van der Waals surface area contributed by atoms with Crippen LogP contribution in [0.15, 0.2) is 47.1 Å². The second-order valence-corrected chi connectivity index (χ2v) is 4.41. The Morgan fingerprint density at radius 3 is 2.89 bits per heavy atom. The van der Waals surface area contributed by atoms with Crippen molar-refractivity contribution in [1.82, 2.24) is 5.32 Å². The molecule has 0 fully saturated rings. The maximum Gasteiger partial charge on any atom is 0.246 e. The smallest absolute Gasteiger partial charge is 0.246 e. The minimum Gasteiger partial charge on any atom is -0.468 e. The van der Waals surface area contributed by atoms with Crippen molar-refractivity contribution in [3.63, 3.8) is 0 Å². The van der Waals surface area contributed by atoms with E-state index >= 15 is 0 Å². The predicted molar refractivity (Wildman–Crippen MR) is 68.1 cm³/mol. The lowest BCUT2D eigenvalue weighted by atomic mass is 10.1. The van der Waals surface area contributed by atoms with Crippen molar-refractivity contribution in [3.05, 3.63) is 54.0 Å². The highest BCUT2D eigenvalue weighted by Gasteiger charge is 2.31. The van der Waals surface area contributed by atoms with Gasteiger partial charge in [-0.2, -0.15) is 0 Å². The van der Waals surface area contributed by atoms with Crippen molar-refractivity contribution in [2.24, 2.45) is 0 Å². The number of carbonyl (C=O) groups is 1. The van der Waals surface area contributed by atoms with E-state index in [1.165, 1.54) is 0 Å². The molecule has 1 amide bonds. The first-order valence-corrected chi connectivity index (χ1v) is 5.95. The predicted octanol–water partition coefficient (Wildman–Crippen LogP) is 2.62. The first-order chi connectivity index (χ1) is 8.75. The Kier molecular flexibility index (Phi) is 2.64. The van der Waals surface area contributed by atoms with Gasteiger partial charge in [0.15, 0.2) is 0 Å². The Balaban J connectivity index is 1.83. The van der Waals surface area contributed by atoms with Gasteiger partial charge in [-0.15, -0.1) is 0 Å². The largest absolute Gasteiger partial charge is 0.468 e. The van der Waals surface area contributed by atoms with Gasteiger partial charge in [0, 0.05) is 11.3 Å². The third-order valence-electron chi connectivity index (χ3n) is 3.18. The molecule has 2 aromatic rings. The van der Waals surface area contributed by atoms with E-state index < -0.39 is 0 Å². The molecule has 1 aromatic carbocycles. The highest BCUT2D eigenvalue weighted by atomic mass is 16.3. The normalized spacial score (nSPS) is 19.4. The molecular weight excluding hydrogens is 228 g/mol. The fourth-order valence-electron chi connectivity index (χ4n) is 2.24. The number of hydrogen-bond donors (Lipinski definition) is 2. The van der Waals surface area contributed by atoms with E-state index in [-0.39, 0.29) is 18.0 Å². The minimum atomic E-state index is -0.318. The number of benzene rings is 1. The quantitative estimate of drug-likeness (QED) is 0.869. The molecule has 0 aliphatic carbocycles. The summed E-state index contributed by atoms with van der Waals surface area (Å²) >= 11 is 0. The summed E-state index contributed by atoms with van der Waals surface area (Å²) in [5.74, 6) is 0.807. The van der Waals surface area contributed by atoms with Gasteiger partial charge < -0.3 is 9.73 Å². The fourth-order valence-corrected chi connectivity index (χ4v) is 2.24. The summed E-state index contributed by atoms with van der Waals surface area (Å²) in [5, 5.41) is 6.15. The average Bonchev–Trinajstić information content (AvgIpc) is 2.98. The van der Waals surface area contributed by atoms with Gasteiger partial charge in [-0.3, -0.25) is 10.1 Å². The van der Waals surface area contributed by atoms with Gasteiger partial charge >= 0.3 is 0 Å². The summed E-state index contributed by atoms with van der Waals surface area (Å²) < 4.78 is 5.33. The highest BCUT2D eigenvalue weighted by Crippen LogP contribution is 2.32. The topological polar surface area (TPSA) is 54.3 Å². The average molecular weight is 242 g/mol. The Bertz CT molecular complexity index is 563. The van der Waals surface area contributed by atoms with Crippen LogP contribution < -0.4 is 10.6 Å². The third-order valence-corrected chi connectivity index (χ3v) is 3.18. The van der Waals surface area contributed by atoms with E-state index in [0.29, 0.717) is 0 Å². The third kappa shape index (κ3) is 1.80. The molecule has 1 aliphatic heterocycles. The number of nitrogens with one attached hydrogen (secondary N) is 2. The van der Waals surface area contributed by atoms with E-state index in [1.807, 2.05) is 43.3 Å². The second kappa shape index (κ2) is 4.31. The number of furan rings is 1. The monoisotopic (exact) mass is 242 g/mol. The van der Waals surface area contributed by atoms with Gasteiger partial charge in [0.1, 0.15) is 11.8 Å². The van der Waals surface area contributed by atoms with E-state index in [0.717, 1.165) is 17.0 Å². The standard InChI is InChI=1S/C14H14N2O2/c1-9(12-7-4-8-18-12)15-13-10-5-2-3-6-11(10)16-14(13)17/h2-9,13,15H,1H3,(H,16,17). The van der Waals surface area contributed by atoms with Crippen molar-refractivity contribution >= 4 is 11.6 Å². The first kappa shape index (κ1) is 11.0. The zero-order chi connectivity index (χ0) is 12.5. The van der Waals surface area contributed by atoms with Crippen LogP contribution in [0.25, 0.3) is 0 Å². The molecule has 0 spiro atoms. The van der Waals surface area contributed by atoms with Crippen LogP contribution in [-0.2, 0) is 4.79 Å². The summed E-state index contributed by atoms with van der Waals surface area (Å²) in [6.45, 7) is 1.98. The van der Waals surface area contributed by atoms with Crippen molar-refractivity contribution in [2.75, 3.05) is 5.32 Å². The van der Waals surface area contributed by atoms with Gasteiger partial charge in [-0.1, -0.05) is 18.2 Å². The molecule has 4 nitrogen and oxygen atoms in total. The first-order valence-electron chi connectivity index (χ1n) is 5.95. The van der Waals surface area contributed by atoms with Gasteiger partial charge in [-0.25, -0.2) is 0 Å². The lowest BCUT2D eigenvalue weighted by molar-refractivity contribution is -0.117. The number of para-hydroxylation sites is 1. The van der Waals surface area contributed by atoms with E-state index in [2.05, 4.69) is 10.6 Å². The Morgan fingerprint density at radius 2 is 2.11 bits per heavy atom. The van der Waals surface area contributed by atoms with Gasteiger partial charge in [-0.05, 0) is 25.1 Å². The van der Waals surface area contributed by atoms with Gasteiger partial charge in [0.25, 0.3) is 0 Å². The minimum absolute atomic E-state index is 0.0121. The van der Waals surface area contributed by atoms with Crippen LogP contribution in [0.1, 0.15) is 30.3 Å². The molecule has 1 aliphatic rings. The van der Waals surface area contributed by atoms with Crippen LogP contribution in [0, 0.1) is 0 Å². The summed E-state index contributed by atoms with van der Waals surface area (Å²) in [5.41, 5.74) is 1.87. The molecule has 2 atom stereocenters. The zero-order valence-corrected chi connectivity index (χ0v) is 10.0. The zero-order valence-electron chi connectivity index (χ0n) is 10.0. The summed E-state index contributed by atoms with van der Waals surface area (Å²) in [7, 11) is 0. The molecule has 4 heteroatoms. The van der Waals surface area contributed by atoms with Crippen molar-refractivity contribution < 1.29 is 9.21 Å². The molecule has 2 unspecified atom stereocenters. The number of anilines is 1. The highest BCUT2D eigenvalue weighted by molar-refractivity contribution is 6.02. The SMILES string of the molecule is CC(NC1C(=O)Nc2ccccc21)c1ccco1. The Hall–Kier alpha value is -2.07. The molecular formula is C14H14N2O2. The van der Waals surface area contributed by atoms with Crippen LogP contribution >= 0.6 is 0 Å². The number of fused-ring (bicyclic) bond motifs is 1. The molecule has 0 radical (unpaired) electrons. The van der Waals surface area contributed by atoms with Crippen molar-refractivity contribution in [3.8, 4) is 0 Å².